The van der Waals surface area contributed by atoms with Crippen molar-refractivity contribution in [1.82, 2.24) is 5.32 Å². The number of halogens is 1. The largest absolute Gasteiger partial charge is 0.464 e. The molecule has 2 atom stereocenters. The van der Waals surface area contributed by atoms with Crippen LogP contribution < -0.4 is 5.32 Å². The number of hydrogen-bond donors (Lipinski definition) is 1. The fourth-order valence-electron chi connectivity index (χ4n) is 2.79. The molecule has 1 aliphatic rings. The van der Waals surface area contributed by atoms with Crippen molar-refractivity contribution in [2.24, 2.45) is 0 Å². The van der Waals surface area contributed by atoms with Crippen molar-refractivity contribution in [3.8, 4) is 0 Å². The normalized spacial score (nSPS) is 25.3. The lowest BCUT2D eigenvalue weighted by molar-refractivity contribution is 0.379. The van der Waals surface area contributed by atoms with Gasteiger partial charge in [0.05, 0.1) is 6.26 Å². The zero-order valence-electron chi connectivity index (χ0n) is 9.87. The van der Waals surface area contributed by atoms with Crippen molar-refractivity contribution in [3.05, 3.63) is 35.8 Å². The Hall–Kier alpha value is -1.35. The summed E-state index contributed by atoms with van der Waals surface area (Å²) in [5.74, 6) is 0.232. The number of fused-ring (bicyclic) bond motifs is 1. The first-order valence-corrected chi connectivity index (χ1v) is 6.14. The first-order chi connectivity index (χ1) is 8.24. The average molecular weight is 233 g/mol. The molecule has 2 unspecified atom stereocenters. The molecule has 0 radical (unpaired) electrons. The van der Waals surface area contributed by atoms with Gasteiger partial charge in [-0.3, -0.25) is 0 Å². The molecule has 1 N–H and O–H groups in total. The highest BCUT2D eigenvalue weighted by Crippen LogP contribution is 2.34. The quantitative estimate of drug-likeness (QED) is 0.816. The minimum absolute atomic E-state index is 0.167. The van der Waals surface area contributed by atoms with E-state index in [1.807, 2.05) is 6.07 Å². The molecule has 0 aliphatic carbocycles. The molecule has 1 aliphatic heterocycles. The van der Waals surface area contributed by atoms with Gasteiger partial charge in [-0.2, -0.15) is 0 Å². The summed E-state index contributed by atoms with van der Waals surface area (Å²) in [6.07, 6.45) is 3.72. The zero-order valence-corrected chi connectivity index (χ0v) is 9.87. The van der Waals surface area contributed by atoms with Gasteiger partial charge >= 0.3 is 0 Å². The Balaban J connectivity index is 2.06. The lowest BCUT2D eigenvalue weighted by Gasteiger charge is -2.28. The van der Waals surface area contributed by atoms with E-state index < -0.39 is 0 Å². The lowest BCUT2D eigenvalue weighted by atomic mass is 9.86. The van der Waals surface area contributed by atoms with Crippen LogP contribution in [0.5, 0.6) is 0 Å². The fourth-order valence-corrected chi connectivity index (χ4v) is 2.79. The van der Waals surface area contributed by atoms with Crippen LogP contribution in [-0.2, 0) is 0 Å². The third-order valence-electron chi connectivity index (χ3n) is 3.61. The molecule has 0 bridgehead atoms. The summed E-state index contributed by atoms with van der Waals surface area (Å²) in [7, 11) is 0. The molecule has 0 spiro atoms. The Bertz CT molecular complexity index is 534. The number of benzene rings is 1. The molecule has 1 aromatic heterocycles. The van der Waals surface area contributed by atoms with Crippen molar-refractivity contribution >= 4 is 11.0 Å². The van der Waals surface area contributed by atoms with E-state index >= 15 is 0 Å². The Labute approximate surface area is 99.8 Å². The molecule has 2 aromatic rings. The lowest BCUT2D eigenvalue weighted by Crippen LogP contribution is -2.34. The summed E-state index contributed by atoms with van der Waals surface area (Å²) in [6.45, 7) is 3.16. The Kier molecular flexibility index (Phi) is 2.63. The highest BCUT2D eigenvalue weighted by atomic mass is 19.1. The molecule has 17 heavy (non-hydrogen) atoms. The van der Waals surface area contributed by atoms with Crippen LogP contribution in [0, 0.1) is 5.82 Å². The van der Waals surface area contributed by atoms with Crippen LogP contribution in [0.25, 0.3) is 11.0 Å². The minimum Gasteiger partial charge on any atom is -0.464 e. The second-order valence-electron chi connectivity index (χ2n) is 4.91. The van der Waals surface area contributed by atoms with E-state index in [9.17, 15) is 4.39 Å². The van der Waals surface area contributed by atoms with Gasteiger partial charge in [-0.15, -0.1) is 0 Å². The van der Waals surface area contributed by atoms with Gasteiger partial charge in [-0.05, 0) is 50.4 Å². The van der Waals surface area contributed by atoms with E-state index in [0.717, 1.165) is 35.9 Å². The predicted molar refractivity (Wildman–Crippen MR) is 65.6 cm³/mol. The summed E-state index contributed by atoms with van der Waals surface area (Å²) < 4.78 is 19.1. The SMILES string of the molecule is CC1CC(c2cc(F)cc3ccoc23)CCN1. The van der Waals surface area contributed by atoms with Crippen LogP contribution in [0.1, 0.15) is 31.2 Å². The van der Waals surface area contributed by atoms with Crippen molar-refractivity contribution < 1.29 is 8.81 Å². The van der Waals surface area contributed by atoms with Gasteiger partial charge in [0.25, 0.3) is 0 Å². The summed E-state index contributed by atoms with van der Waals surface area (Å²) in [6, 6.07) is 5.48. The number of nitrogens with one attached hydrogen (secondary N) is 1. The van der Waals surface area contributed by atoms with Gasteiger partial charge in [0.15, 0.2) is 0 Å². The average Bonchev–Trinajstić information content (AvgIpc) is 2.75. The molecule has 2 nitrogen and oxygen atoms in total. The van der Waals surface area contributed by atoms with Gasteiger partial charge in [0, 0.05) is 17.0 Å². The van der Waals surface area contributed by atoms with Crippen molar-refractivity contribution in [2.45, 2.75) is 31.7 Å². The maximum atomic E-state index is 13.6. The molecule has 3 rings (SSSR count). The van der Waals surface area contributed by atoms with Crippen LogP contribution in [-0.4, -0.2) is 12.6 Å². The van der Waals surface area contributed by atoms with Crippen molar-refractivity contribution in [1.29, 1.82) is 0 Å². The summed E-state index contributed by atoms with van der Waals surface area (Å²) in [5.41, 5.74) is 1.88. The number of hydrogen-bond acceptors (Lipinski definition) is 2. The van der Waals surface area contributed by atoms with Gasteiger partial charge in [0.1, 0.15) is 11.4 Å². The van der Waals surface area contributed by atoms with Crippen LogP contribution in [0.2, 0.25) is 0 Å². The Morgan fingerprint density at radius 1 is 1.41 bits per heavy atom. The molecule has 1 fully saturated rings. The van der Waals surface area contributed by atoms with E-state index in [0.29, 0.717) is 12.0 Å². The van der Waals surface area contributed by atoms with Crippen molar-refractivity contribution in [2.75, 3.05) is 6.54 Å². The second kappa shape index (κ2) is 4.15. The third-order valence-corrected chi connectivity index (χ3v) is 3.61. The summed E-state index contributed by atoms with van der Waals surface area (Å²) in [4.78, 5) is 0. The van der Waals surface area contributed by atoms with E-state index in [4.69, 9.17) is 4.42 Å². The molecule has 0 saturated carbocycles. The van der Waals surface area contributed by atoms with E-state index in [1.165, 1.54) is 6.07 Å². The number of piperidine rings is 1. The first-order valence-electron chi connectivity index (χ1n) is 6.14. The van der Waals surface area contributed by atoms with Crippen LogP contribution in [0.4, 0.5) is 4.39 Å². The highest BCUT2D eigenvalue weighted by molar-refractivity contribution is 5.81. The molecule has 90 valence electrons. The van der Waals surface area contributed by atoms with Gasteiger partial charge in [-0.1, -0.05) is 0 Å². The Morgan fingerprint density at radius 3 is 3.12 bits per heavy atom. The van der Waals surface area contributed by atoms with Crippen molar-refractivity contribution in [3.63, 3.8) is 0 Å². The van der Waals surface area contributed by atoms with Gasteiger partial charge in [0.2, 0.25) is 0 Å². The second-order valence-corrected chi connectivity index (χ2v) is 4.91. The number of rotatable bonds is 1. The smallest absolute Gasteiger partial charge is 0.137 e. The Morgan fingerprint density at radius 2 is 2.29 bits per heavy atom. The van der Waals surface area contributed by atoms with E-state index in [1.54, 1.807) is 12.3 Å². The maximum absolute atomic E-state index is 13.6. The molecule has 2 heterocycles. The predicted octanol–water partition coefficient (Wildman–Crippen LogP) is 3.43. The molecule has 0 amide bonds. The van der Waals surface area contributed by atoms with Gasteiger partial charge in [-0.25, -0.2) is 4.39 Å². The molecule has 3 heteroatoms. The summed E-state index contributed by atoms with van der Waals surface area (Å²) >= 11 is 0. The monoisotopic (exact) mass is 233 g/mol. The topological polar surface area (TPSA) is 25.2 Å². The van der Waals surface area contributed by atoms with Gasteiger partial charge < -0.3 is 9.73 Å². The summed E-state index contributed by atoms with van der Waals surface area (Å²) in [5, 5.41) is 4.28. The zero-order chi connectivity index (χ0) is 11.8. The van der Waals surface area contributed by atoms with E-state index in [2.05, 4.69) is 12.2 Å². The minimum atomic E-state index is -0.167. The molecular formula is C14H16FNO. The third kappa shape index (κ3) is 1.95. The molecular weight excluding hydrogens is 217 g/mol. The standard InChI is InChI=1S/C14H16FNO/c1-9-6-10(2-4-16-9)13-8-12(15)7-11-3-5-17-14(11)13/h3,5,7-10,16H,2,4,6H2,1H3. The highest BCUT2D eigenvalue weighted by Gasteiger charge is 2.23. The van der Waals surface area contributed by atoms with Crippen LogP contribution >= 0.6 is 0 Å². The maximum Gasteiger partial charge on any atom is 0.137 e. The fraction of sp³-hybridized carbons (Fsp3) is 0.429. The molecule has 1 aromatic carbocycles. The first kappa shape index (κ1) is 10.8. The number of furan rings is 1. The van der Waals surface area contributed by atoms with E-state index in [-0.39, 0.29) is 5.82 Å². The van der Waals surface area contributed by atoms with Crippen LogP contribution in [0.3, 0.4) is 0 Å². The van der Waals surface area contributed by atoms with Crippen LogP contribution in [0.15, 0.2) is 28.9 Å². The molecule has 1 saturated heterocycles.